The molecule has 0 aliphatic heterocycles. The SMILES string of the molecule is COCC(O)CN(C)C(=O)CCC(F)(F)F. The van der Waals surface area contributed by atoms with Gasteiger partial charge in [-0.2, -0.15) is 13.2 Å². The van der Waals surface area contributed by atoms with Crippen LogP contribution >= 0.6 is 0 Å². The maximum Gasteiger partial charge on any atom is 0.389 e. The fourth-order valence-corrected chi connectivity index (χ4v) is 1.10. The van der Waals surface area contributed by atoms with Gasteiger partial charge in [0.25, 0.3) is 0 Å². The predicted octanol–water partition coefficient (Wildman–Crippen LogP) is 0.795. The number of methoxy groups -OCH3 is 1. The second kappa shape index (κ2) is 6.70. The van der Waals surface area contributed by atoms with Gasteiger partial charge in [0.15, 0.2) is 0 Å². The Labute approximate surface area is 92.0 Å². The summed E-state index contributed by atoms with van der Waals surface area (Å²) in [6.45, 7) is 0.00141. The van der Waals surface area contributed by atoms with Crippen molar-refractivity contribution in [2.45, 2.75) is 25.1 Å². The number of amides is 1. The van der Waals surface area contributed by atoms with Crippen LogP contribution in [0.3, 0.4) is 0 Å². The molecule has 0 saturated carbocycles. The van der Waals surface area contributed by atoms with Gasteiger partial charge in [0.05, 0.1) is 19.1 Å². The van der Waals surface area contributed by atoms with E-state index in [4.69, 9.17) is 0 Å². The van der Waals surface area contributed by atoms with E-state index in [1.807, 2.05) is 0 Å². The monoisotopic (exact) mass is 243 g/mol. The van der Waals surface area contributed by atoms with Crippen molar-refractivity contribution in [1.29, 1.82) is 0 Å². The number of alkyl halides is 3. The number of nitrogens with zero attached hydrogens (tertiary/aromatic N) is 1. The van der Waals surface area contributed by atoms with Crippen molar-refractivity contribution in [3.05, 3.63) is 0 Å². The molecule has 0 aliphatic rings. The molecule has 7 heteroatoms. The highest BCUT2D eigenvalue weighted by Gasteiger charge is 2.28. The minimum atomic E-state index is -4.33. The lowest BCUT2D eigenvalue weighted by Crippen LogP contribution is -2.36. The second-order valence-corrected chi connectivity index (χ2v) is 3.50. The summed E-state index contributed by atoms with van der Waals surface area (Å²) in [6, 6.07) is 0. The van der Waals surface area contributed by atoms with Crippen molar-refractivity contribution < 1.29 is 27.8 Å². The Morgan fingerprint density at radius 2 is 2.06 bits per heavy atom. The summed E-state index contributed by atoms with van der Waals surface area (Å²) in [5.41, 5.74) is 0. The van der Waals surface area contributed by atoms with Gasteiger partial charge in [-0.05, 0) is 0 Å². The van der Waals surface area contributed by atoms with Crippen molar-refractivity contribution in [2.75, 3.05) is 27.3 Å². The smallest absolute Gasteiger partial charge is 0.389 e. The first kappa shape index (κ1) is 15.2. The number of halogens is 3. The van der Waals surface area contributed by atoms with E-state index in [2.05, 4.69) is 4.74 Å². The van der Waals surface area contributed by atoms with Crippen LogP contribution in [0.2, 0.25) is 0 Å². The fraction of sp³-hybridized carbons (Fsp3) is 0.889. The molecule has 4 nitrogen and oxygen atoms in total. The molecule has 1 atom stereocenters. The molecule has 0 bridgehead atoms. The van der Waals surface area contributed by atoms with Crippen molar-refractivity contribution in [3.8, 4) is 0 Å². The van der Waals surface area contributed by atoms with Crippen LogP contribution in [-0.2, 0) is 9.53 Å². The summed E-state index contributed by atoms with van der Waals surface area (Å²) in [5.74, 6) is -0.646. The Morgan fingerprint density at radius 1 is 1.50 bits per heavy atom. The van der Waals surface area contributed by atoms with Gasteiger partial charge in [-0.3, -0.25) is 4.79 Å². The van der Waals surface area contributed by atoms with Crippen LogP contribution in [0.5, 0.6) is 0 Å². The molecule has 1 amide bonds. The highest BCUT2D eigenvalue weighted by Crippen LogP contribution is 2.21. The van der Waals surface area contributed by atoms with Gasteiger partial charge >= 0.3 is 6.18 Å². The van der Waals surface area contributed by atoms with E-state index >= 15 is 0 Å². The predicted molar refractivity (Wildman–Crippen MR) is 50.8 cm³/mol. The molecule has 0 aliphatic carbocycles. The van der Waals surface area contributed by atoms with Gasteiger partial charge in [0.1, 0.15) is 0 Å². The molecule has 0 aromatic heterocycles. The molecule has 96 valence electrons. The first-order valence-electron chi connectivity index (χ1n) is 4.74. The molecule has 0 radical (unpaired) electrons. The number of likely N-dealkylation sites (N-methyl/N-ethyl adjacent to an activating group) is 1. The van der Waals surface area contributed by atoms with Crippen LogP contribution in [0.4, 0.5) is 13.2 Å². The minimum absolute atomic E-state index is 0.0372. The molecule has 0 fully saturated rings. The lowest BCUT2D eigenvalue weighted by Gasteiger charge is -2.20. The van der Waals surface area contributed by atoms with Gasteiger partial charge in [0, 0.05) is 27.1 Å². The third kappa shape index (κ3) is 7.47. The van der Waals surface area contributed by atoms with Crippen LogP contribution in [0.15, 0.2) is 0 Å². The van der Waals surface area contributed by atoms with Gasteiger partial charge < -0.3 is 14.7 Å². The third-order valence-electron chi connectivity index (χ3n) is 1.89. The van der Waals surface area contributed by atoms with Gasteiger partial charge in [-0.15, -0.1) is 0 Å². The third-order valence-corrected chi connectivity index (χ3v) is 1.89. The molecular formula is C9H16F3NO3. The van der Waals surface area contributed by atoms with Crippen LogP contribution in [0, 0.1) is 0 Å². The number of carbonyl (C=O) groups is 1. The highest BCUT2D eigenvalue weighted by atomic mass is 19.4. The second-order valence-electron chi connectivity index (χ2n) is 3.50. The number of rotatable bonds is 6. The number of aliphatic hydroxyl groups is 1. The first-order chi connectivity index (χ1) is 7.26. The number of carbonyl (C=O) groups excluding carboxylic acids is 1. The van der Waals surface area contributed by atoms with E-state index in [1.165, 1.54) is 14.2 Å². The molecule has 0 saturated heterocycles. The van der Waals surface area contributed by atoms with Crippen molar-refractivity contribution in [3.63, 3.8) is 0 Å². The zero-order valence-corrected chi connectivity index (χ0v) is 9.25. The summed E-state index contributed by atoms with van der Waals surface area (Å²) in [7, 11) is 2.73. The van der Waals surface area contributed by atoms with E-state index in [0.29, 0.717) is 0 Å². The Balaban J connectivity index is 3.90. The van der Waals surface area contributed by atoms with E-state index in [0.717, 1.165) is 4.90 Å². The van der Waals surface area contributed by atoms with E-state index in [-0.39, 0.29) is 13.2 Å². The van der Waals surface area contributed by atoms with E-state index < -0.39 is 31.0 Å². The average Bonchev–Trinajstić information content (AvgIpc) is 2.13. The van der Waals surface area contributed by atoms with Gasteiger partial charge in [0.2, 0.25) is 5.91 Å². The maximum atomic E-state index is 11.8. The Kier molecular flexibility index (Phi) is 6.35. The molecule has 1 unspecified atom stereocenters. The van der Waals surface area contributed by atoms with Gasteiger partial charge in [-0.25, -0.2) is 0 Å². The van der Waals surface area contributed by atoms with Crippen molar-refractivity contribution in [1.82, 2.24) is 4.90 Å². The van der Waals surface area contributed by atoms with E-state index in [1.54, 1.807) is 0 Å². The standard InChI is InChI=1S/C9H16F3NO3/c1-13(5-7(14)6-16-2)8(15)3-4-9(10,11)12/h7,14H,3-6H2,1-2H3. The zero-order chi connectivity index (χ0) is 12.8. The topological polar surface area (TPSA) is 49.8 Å². The minimum Gasteiger partial charge on any atom is -0.389 e. The maximum absolute atomic E-state index is 11.8. The lowest BCUT2D eigenvalue weighted by molar-refractivity contribution is -0.149. The average molecular weight is 243 g/mol. The van der Waals surface area contributed by atoms with Crippen LogP contribution < -0.4 is 0 Å². The van der Waals surface area contributed by atoms with Crippen molar-refractivity contribution in [2.24, 2.45) is 0 Å². The Bertz CT molecular complexity index is 221. The zero-order valence-electron chi connectivity index (χ0n) is 9.25. The van der Waals surface area contributed by atoms with Crippen LogP contribution in [-0.4, -0.2) is 55.5 Å². The molecule has 16 heavy (non-hydrogen) atoms. The normalized spacial score (nSPS) is 13.6. The summed E-state index contributed by atoms with van der Waals surface area (Å²) < 4.78 is 40.1. The van der Waals surface area contributed by atoms with Crippen molar-refractivity contribution >= 4 is 5.91 Å². The molecule has 0 aromatic carbocycles. The molecule has 0 aromatic rings. The largest absolute Gasteiger partial charge is 0.389 e. The number of hydrogen-bond acceptors (Lipinski definition) is 3. The lowest BCUT2D eigenvalue weighted by atomic mass is 10.2. The highest BCUT2D eigenvalue weighted by molar-refractivity contribution is 5.75. The number of aliphatic hydroxyl groups excluding tert-OH is 1. The van der Waals surface area contributed by atoms with Gasteiger partial charge in [-0.1, -0.05) is 0 Å². The molecule has 0 heterocycles. The molecule has 0 spiro atoms. The summed E-state index contributed by atoms with van der Waals surface area (Å²) in [4.78, 5) is 12.3. The molecular weight excluding hydrogens is 227 g/mol. The fourth-order valence-electron chi connectivity index (χ4n) is 1.10. The summed E-state index contributed by atoms with van der Waals surface area (Å²) >= 11 is 0. The summed E-state index contributed by atoms with van der Waals surface area (Å²) in [5, 5.41) is 9.26. The first-order valence-corrected chi connectivity index (χ1v) is 4.74. The Morgan fingerprint density at radius 3 is 2.50 bits per heavy atom. The van der Waals surface area contributed by atoms with Crippen LogP contribution in [0.1, 0.15) is 12.8 Å². The quantitative estimate of drug-likeness (QED) is 0.750. The van der Waals surface area contributed by atoms with Crippen LogP contribution in [0.25, 0.3) is 0 Å². The molecule has 1 N–H and O–H groups in total. The number of ether oxygens (including phenoxy) is 1. The van der Waals surface area contributed by atoms with E-state index in [9.17, 15) is 23.1 Å². The summed E-state index contributed by atoms with van der Waals surface area (Å²) in [6.07, 6.45) is -6.96. The Hall–Kier alpha value is -0.820. The molecule has 0 rings (SSSR count). The number of hydrogen-bond donors (Lipinski definition) is 1.